The van der Waals surface area contributed by atoms with Crippen LogP contribution in [0.5, 0.6) is 11.5 Å². The molecule has 0 spiro atoms. The van der Waals surface area contributed by atoms with Gasteiger partial charge in [0.25, 0.3) is 0 Å². The second-order valence-corrected chi connectivity index (χ2v) is 7.14. The molecule has 0 bridgehead atoms. The molecule has 0 saturated carbocycles. The number of carbonyl (C=O) groups excluding carboxylic acids is 2. The fraction of sp³-hybridized carbons (Fsp3) is 0.294. The van der Waals surface area contributed by atoms with Crippen LogP contribution in [0.1, 0.15) is 41.0 Å². The summed E-state index contributed by atoms with van der Waals surface area (Å²) in [5.74, 6) is 1.14. The third kappa shape index (κ3) is 3.88. The summed E-state index contributed by atoms with van der Waals surface area (Å²) in [6.07, 6.45) is 0.305. The van der Waals surface area contributed by atoms with Crippen molar-refractivity contribution in [2.75, 3.05) is 6.79 Å². The van der Waals surface area contributed by atoms with Crippen molar-refractivity contribution in [2.45, 2.75) is 25.8 Å². The summed E-state index contributed by atoms with van der Waals surface area (Å²) in [4.78, 5) is 24.6. The molecule has 0 saturated heterocycles. The lowest BCUT2D eigenvalue weighted by Crippen LogP contribution is -2.26. The third-order valence-electron chi connectivity index (χ3n) is 3.70. The van der Waals surface area contributed by atoms with Gasteiger partial charge < -0.3 is 14.8 Å². The molecule has 24 heavy (non-hydrogen) atoms. The Morgan fingerprint density at radius 3 is 2.75 bits per heavy atom. The maximum absolute atomic E-state index is 12.1. The Morgan fingerprint density at radius 2 is 2.00 bits per heavy atom. The quantitative estimate of drug-likeness (QED) is 0.786. The molecule has 1 aromatic carbocycles. The molecule has 0 aliphatic carbocycles. The van der Waals surface area contributed by atoms with Crippen molar-refractivity contribution in [3.8, 4) is 11.5 Å². The smallest absolute Gasteiger partial charge is 0.231 e. The van der Waals surface area contributed by atoms with Crippen molar-refractivity contribution in [2.24, 2.45) is 0 Å². The van der Waals surface area contributed by atoms with Crippen LogP contribution in [0.3, 0.4) is 0 Å². The Labute approximate surface area is 148 Å². The number of ether oxygens (including phenoxy) is 2. The minimum Gasteiger partial charge on any atom is -0.454 e. The van der Waals surface area contributed by atoms with Gasteiger partial charge in [0.05, 0.1) is 15.3 Å². The number of amides is 1. The number of nitrogens with one attached hydrogen (secondary N) is 1. The predicted octanol–water partition coefficient (Wildman–Crippen LogP) is 3.97. The van der Waals surface area contributed by atoms with Gasteiger partial charge in [0.1, 0.15) is 0 Å². The van der Waals surface area contributed by atoms with E-state index in [9.17, 15) is 9.59 Å². The molecule has 2 aromatic rings. The molecule has 2 heterocycles. The van der Waals surface area contributed by atoms with Crippen LogP contribution in [0.15, 0.2) is 30.3 Å². The summed E-state index contributed by atoms with van der Waals surface area (Å²) >= 11 is 7.04. The van der Waals surface area contributed by atoms with E-state index in [2.05, 4.69) is 5.32 Å². The monoisotopic (exact) mass is 365 g/mol. The van der Waals surface area contributed by atoms with Crippen LogP contribution in [-0.4, -0.2) is 18.5 Å². The van der Waals surface area contributed by atoms with Gasteiger partial charge >= 0.3 is 0 Å². The molecule has 126 valence electrons. The molecule has 1 amide bonds. The van der Waals surface area contributed by atoms with Crippen LogP contribution >= 0.6 is 22.9 Å². The Kier molecular flexibility index (Phi) is 5.06. The number of benzene rings is 1. The highest BCUT2D eigenvalue weighted by Crippen LogP contribution is 2.34. The van der Waals surface area contributed by atoms with E-state index >= 15 is 0 Å². The molecule has 7 heteroatoms. The number of carbonyl (C=O) groups is 2. The van der Waals surface area contributed by atoms with Crippen LogP contribution in [0.25, 0.3) is 0 Å². The summed E-state index contributed by atoms with van der Waals surface area (Å²) in [6, 6.07) is 8.75. The molecule has 0 radical (unpaired) electrons. The second-order valence-electron chi connectivity index (χ2n) is 5.43. The number of halogens is 1. The largest absolute Gasteiger partial charge is 0.454 e. The highest BCUT2D eigenvalue weighted by Gasteiger charge is 2.17. The number of fused-ring (bicyclic) bond motifs is 1. The lowest BCUT2D eigenvalue weighted by molar-refractivity contribution is -0.121. The minimum absolute atomic E-state index is 0.0715. The first-order valence-electron chi connectivity index (χ1n) is 7.50. The number of hydrogen-bond donors (Lipinski definition) is 1. The van der Waals surface area contributed by atoms with E-state index in [0.29, 0.717) is 20.7 Å². The van der Waals surface area contributed by atoms with Crippen molar-refractivity contribution in [1.82, 2.24) is 5.32 Å². The standard InChI is InChI=1S/C17H16ClNO4S/c1-10(11-2-4-13-14(8-11)23-9-22-13)19-17(21)7-3-12(20)15-5-6-16(18)24-15/h2,4-6,8,10H,3,7,9H2,1H3,(H,19,21). The molecule has 1 aromatic heterocycles. The molecule has 0 fully saturated rings. The number of hydrogen-bond acceptors (Lipinski definition) is 5. The molecular weight excluding hydrogens is 350 g/mol. The normalized spacial score (nSPS) is 13.6. The van der Waals surface area contributed by atoms with Crippen LogP contribution in [0.2, 0.25) is 4.34 Å². The Bertz CT molecular complexity index is 774. The zero-order valence-corrected chi connectivity index (χ0v) is 14.6. The Hall–Kier alpha value is -2.05. The number of ketones is 1. The molecule has 1 aliphatic rings. The SMILES string of the molecule is CC(NC(=O)CCC(=O)c1ccc(Cl)s1)c1ccc2c(c1)OCO2. The van der Waals surface area contributed by atoms with Crippen LogP contribution < -0.4 is 14.8 Å². The first-order chi connectivity index (χ1) is 11.5. The highest BCUT2D eigenvalue weighted by atomic mass is 35.5. The van der Waals surface area contributed by atoms with Crippen molar-refractivity contribution >= 4 is 34.6 Å². The fourth-order valence-corrected chi connectivity index (χ4v) is 3.40. The fourth-order valence-electron chi connectivity index (χ4n) is 2.39. The van der Waals surface area contributed by atoms with E-state index in [1.807, 2.05) is 25.1 Å². The maximum atomic E-state index is 12.1. The molecule has 3 rings (SSSR count). The van der Waals surface area contributed by atoms with E-state index in [0.717, 1.165) is 5.56 Å². The summed E-state index contributed by atoms with van der Waals surface area (Å²) in [6.45, 7) is 2.10. The Morgan fingerprint density at radius 1 is 1.21 bits per heavy atom. The van der Waals surface area contributed by atoms with Crippen molar-refractivity contribution in [3.63, 3.8) is 0 Å². The van der Waals surface area contributed by atoms with Gasteiger partial charge in [-0.2, -0.15) is 0 Å². The lowest BCUT2D eigenvalue weighted by atomic mass is 10.1. The Balaban J connectivity index is 1.52. The molecule has 1 atom stereocenters. The molecule has 1 unspecified atom stereocenters. The van der Waals surface area contributed by atoms with Gasteiger partial charge in [-0.1, -0.05) is 17.7 Å². The summed E-state index contributed by atoms with van der Waals surface area (Å²) in [5, 5.41) is 2.89. The van der Waals surface area contributed by atoms with Crippen molar-refractivity contribution < 1.29 is 19.1 Å². The number of rotatable bonds is 6. The summed E-state index contributed by atoms with van der Waals surface area (Å²) < 4.78 is 11.2. The highest BCUT2D eigenvalue weighted by molar-refractivity contribution is 7.18. The maximum Gasteiger partial charge on any atom is 0.231 e. The number of thiophene rings is 1. The van der Waals surface area contributed by atoms with Crippen LogP contribution in [0, 0.1) is 0 Å². The number of Topliss-reactive ketones (excluding diaryl/α,β-unsaturated/α-hetero) is 1. The zero-order chi connectivity index (χ0) is 17.1. The lowest BCUT2D eigenvalue weighted by Gasteiger charge is -2.14. The van der Waals surface area contributed by atoms with Crippen LogP contribution in [0.4, 0.5) is 0 Å². The topological polar surface area (TPSA) is 64.6 Å². The summed E-state index contributed by atoms with van der Waals surface area (Å²) in [7, 11) is 0. The van der Waals surface area contributed by atoms with E-state index < -0.39 is 0 Å². The molecule has 1 aliphatic heterocycles. The van der Waals surface area contributed by atoms with E-state index in [1.165, 1.54) is 11.3 Å². The van der Waals surface area contributed by atoms with E-state index in [-0.39, 0.29) is 37.4 Å². The molecule has 5 nitrogen and oxygen atoms in total. The van der Waals surface area contributed by atoms with Crippen molar-refractivity contribution in [1.29, 1.82) is 0 Å². The average molecular weight is 366 g/mol. The van der Waals surface area contributed by atoms with E-state index in [4.69, 9.17) is 21.1 Å². The van der Waals surface area contributed by atoms with Gasteiger partial charge in [-0.3, -0.25) is 9.59 Å². The van der Waals surface area contributed by atoms with Gasteiger partial charge in [-0.25, -0.2) is 0 Å². The van der Waals surface area contributed by atoms with Gasteiger partial charge in [0.15, 0.2) is 17.3 Å². The van der Waals surface area contributed by atoms with Gasteiger partial charge in [0.2, 0.25) is 12.7 Å². The zero-order valence-electron chi connectivity index (χ0n) is 13.0. The van der Waals surface area contributed by atoms with Gasteiger partial charge in [-0.15, -0.1) is 11.3 Å². The molecular formula is C17H16ClNO4S. The molecule has 1 N–H and O–H groups in total. The first-order valence-corrected chi connectivity index (χ1v) is 8.70. The minimum atomic E-state index is -0.182. The van der Waals surface area contributed by atoms with E-state index in [1.54, 1.807) is 12.1 Å². The first kappa shape index (κ1) is 16.8. The third-order valence-corrected chi connectivity index (χ3v) is 4.97. The summed E-state index contributed by atoms with van der Waals surface area (Å²) in [5.41, 5.74) is 0.920. The van der Waals surface area contributed by atoms with Crippen LogP contribution in [-0.2, 0) is 4.79 Å². The predicted molar refractivity (Wildman–Crippen MR) is 92.0 cm³/mol. The second kappa shape index (κ2) is 7.23. The van der Waals surface area contributed by atoms with Crippen molar-refractivity contribution in [3.05, 3.63) is 45.1 Å². The van der Waals surface area contributed by atoms with Gasteiger partial charge in [-0.05, 0) is 36.8 Å². The average Bonchev–Trinajstić information content (AvgIpc) is 3.20. The van der Waals surface area contributed by atoms with Gasteiger partial charge in [0, 0.05) is 12.8 Å².